The summed E-state index contributed by atoms with van der Waals surface area (Å²) in [7, 11) is 0. The summed E-state index contributed by atoms with van der Waals surface area (Å²) in [4.78, 5) is 28.8. The van der Waals surface area contributed by atoms with Crippen LogP contribution >= 0.6 is 0 Å². The predicted octanol–water partition coefficient (Wildman–Crippen LogP) is 4.98. The van der Waals surface area contributed by atoms with Crippen molar-refractivity contribution in [3.8, 4) is 16.9 Å². The van der Waals surface area contributed by atoms with E-state index in [1.807, 2.05) is 0 Å². The van der Waals surface area contributed by atoms with Crippen molar-refractivity contribution in [2.24, 2.45) is 11.3 Å². The highest BCUT2D eigenvalue weighted by molar-refractivity contribution is 5.96. The van der Waals surface area contributed by atoms with Gasteiger partial charge in [0.1, 0.15) is 17.4 Å². The number of nitrogens with zero attached hydrogens (tertiary/aromatic N) is 1. The second-order valence-electron chi connectivity index (χ2n) is 8.17. The van der Waals surface area contributed by atoms with E-state index in [0.717, 1.165) is 12.8 Å². The van der Waals surface area contributed by atoms with Crippen molar-refractivity contribution in [1.82, 2.24) is 4.98 Å². The number of carbonyl (C=O) groups excluding carboxylic acids is 2. The van der Waals surface area contributed by atoms with Gasteiger partial charge in [-0.25, -0.2) is 4.98 Å². The molecule has 1 heterocycles. The number of carbonyl (C=O) groups is 2. The van der Waals surface area contributed by atoms with Crippen LogP contribution in [0.2, 0.25) is 0 Å². The lowest BCUT2D eigenvalue weighted by molar-refractivity contribution is -0.274. The van der Waals surface area contributed by atoms with Crippen molar-refractivity contribution in [1.29, 1.82) is 0 Å². The van der Waals surface area contributed by atoms with Gasteiger partial charge in [-0.05, 0) is 48.2 Å². The fourth-order valence-corrected chi connectivity index (χ4v) is 2.55. The van der Waals surface area contributed by atoms with Crippen LogP contribution in [0.3, 0.4) is 0 Å². The second kappa shape index (κ2) is 7.97. The molecule has 2 aromatic rings. The molecular weight excluding hydrogens is 399 g/mol. The number of ether oxygens (including phenoxy) is 1. The highest BCUT2D eigenvalue weighted by Gasteiger charge is 2.31. The van der Waals surface area contributed by atoms with Crippen molar-refractivity contribution in [2.45, 2.75) is 40.0 Å². The Morgan fingerprint density at radius 1 is 0.967 bits per heavy atom. The molecule has 3 rings (SSSR count). The zero-order valence-electron chi connectivity index (χ0n) is 16.8. The van der Waals surface area contributed by atoms with Crippen LogP contribution in [-0.2, 0) is 9.59 Å². The van der Waals surface area contributed by atoms with Crippen molar-refractivity contribution >= 4 is 23.5 Å². The summed E-state index contributed by atoms with van der Waals surface area (Å²) < 4.78 is 41.0. The molecule has 9 heteroatoms. The molecule has 2 N–H and O–H groups in total. The fraction of sp³-hybridized carbons (Fsp3) is 0.381. The van der Waals surface area contributed by atoms with E-state index in [1.165, 1.54) is 24.3 Å². The third-order valence-corrected chi connectivity index (χ3v) is 4.37. The highest BCUT2D eigenvalue weighted by atomic mass is 19.4. The third-order valence-electron chi connectivity index (χ3n) is 4.37. The average Bonchev–Trinajstić information content (AvgIpc) is 3.45. The van der Waals surface area contributed by atoms with Gasteiger partial charge in [0.15, 0.2) is 0 Å². The topological polar surface area (TPSA) is 80.3 Å². The first kappa shape index (κ1) is 21.6. The number of benzene rings is 1. The number of nitrogens with one attached hydrogen (secondary N) is 2. The highest BCUT2D eigenvalue weighted by Crippen LogP contribution is 2.32. The summed E-state index contributed by atoms with van der Waals surface area (Å²) in [5, 5.41) is 5.45. The lowest BCUT2D eigenvalue weighted by atomic mass is 9.96. The number of anilines is 2. The number of pyridine rings is 1. The number of halogens is 3. The molecule has 160 valence electrons. The predicted molar refractivity (Wildman–Crippen MR) is 106 cm³/mol. The minimum absolute atomic E-state index is 0.0399. The van der Waals surface area contributed by atoms with Crippen molar-refractivity contribution in [3.63, 3.8) is 0 Å². The second-order valence-corrected chi connectivity index (χ2v) is 8.17. The van der Waals surface area contributed by atoms with Gasteiger partial charge in [-0.1, -0.05) is 32.9 Å². The van der Waals surface area contributed by atoms with Gasteiger partial charge in [0.2, 0.25) is 11.8 Å². The Kier molecular flexibility index (Phi) is 5.74. The van der Waals surface area contributed by atoms with E-state index in [1.54, 1.807) is 32.9 Å². The summed E-state index contributed by atoms with van der Waals surface area (Å²) in [6.07, 6.45) is -3.14. The molecule has 1 aromatic heterocycles. The molecule has 1 aromatic carbocycles. The normalized spacial score (nSPS) is 14.2. The van der Waals surface area contributed by atoms with E-state index in [-0.39, 0.29) is 35.1 Å². The van der Waals surface area contributed by atoms with Crippen LogP contribution < -0.4 is 15.4 Å². The lowest BCUT2D eigenvalue weighted by Gasteiger charge is -2.18. The van der Waals surface area contributed by atoms with Gasteiger partial charge in [0, 0.05) is 11.3 Å². The summed E-state index contributed by atoms with van der Waals surface area (Å²) >= 11 is 0. The van der Waals surface area contributed by atoms with Crippen molar-refractivity contribution in [2.75, 3.05) is 10.6 Å². The Balaban J connectivity index is 1.90. The van der Waals surface area contributed by atoms with Crippen LogP contribution in [-0.4, -0.2) is 23.2 Å². The molecule has 1 aliphatic rings. The molecule has 0 aliphatic heterocycles. The van der Waals surface area contributed by atoms with Crippen molar-refractivity contribution < 1.29 is 27.5 Å². The van der Waals surface area contributed by atoms with Gasteiger partial charge in [-0.2, -0.15) is 0 Å². The number of aromatic nitrogens is 1. The SMILES string of the molecule is CC(C)(C)C(=O)Nc1cc(-c2ccc(OC(F)(F)F)cc2)cc(NC(=O)C2CC2)n1. The summed E-state index contributed by atoms with van der Waals surface area (Å²) in [6, 6.07) is 8.50. The van der Waals surface area contributed by atoms with E-state index in [9.17, 15) is 22.8 Å². The summed E-state index contributed by atoms with van der Waals surface area (Å²) in [5.74, 6) is -0.314. The first-order valence-electron chi connectivity index (χ1n) is 9.41. The van der Waals surface area contributed by atoms with E-state index in [2.05, 4.69) is 20.4 Å². The molecule has 2 amide bonds. The van der Waals surface area contributed by atoms with E-state index < -0.39 is 11.8 Å². The number of hydrogen-bond donors (Lipinski definition) is 2. The molecule has 1 aliphatic carbocycles. The van der Waals surface area contributed by atoms with E-state index in [4.69, 9.17) is 0 Å². The zero-order chi connectivity index (χ0) is 22.1. The molecule has 30 heavy (non-hydrogen) atoms. The summed E-state index contributed by atoms with van der Waals surface area (Å²) in [5.41, 5.74) is 0.477. The Morgan fingerprint density at radius 2 is 1.53 bits per heavy atom. The molecule has 0 unspecified atom stereocenters. The van der Waals surface area contributed by atoms with Gasteiger partial charge < -0.3 is 15.4 Å². The fourth-order valence-electron chi connectivity index (χ4n) is 2.55. The minimum atomic E-state index is -4.77. The number of amides is 2. The average molecular weight is 421 g/mol. The van der Waals surface area contributed by atoms with Crippen LogP contribution in [0.15, 0.2) is 36.4 Å². The Bertz CT molecular complexity index is 947. The lowest BCUT2D eigenvalue weighted by Crippen LogP contribution is -2.28. The maximum Gasteiger partial charge on any atom is 0.573 e. The van der Waals surface area contributed by atoms with Crippen molar-refractivity contribution in [3.05, 3.63) is 36.4 Å². The maximum absolute atomic E-state index is 12.4. The molecule has 0 atom stereocenters. The standard InChI is InChI=1S/C21H22F3N3O3/c1-20(2,3)19(29)27-17-11-14(10-16(25-17)26-18(28)13-4-5-13)12-6-8-15(9-7-12)30-21(22,23)24/h6-11,13H,4-5H2,1-3H3,(H2,25,26,27,28,29). The van der Waals surface area contributed by atoms with Crippen LogP contribution in [0.5, 0.6) is 5.75 Å². The van der Waals surface area contributed by atoms with Gasteiger partial charge >= 0.3 is 6.36 Å². The largest absolute Gasteiger partial charge is 0.573 e. The first-order valence-corrected chi connectivity index (χ1v) is 9.41. The Morgan fingerprint density at radius 3 is 2.03 bits per heavy atom. The number of alkyl halides is 3. The smallest absolute Gasteiger partial charge is 0.406 e. The number of hydrogen-bond acceptors (Lipinski definition) is 4. The van der Waals surface area contributed by atoms with Crippen LogP contribution in [0.25, 0.3) is 11.1 Å². The molecule has 6 nitrogen and oxygen atoms in total. The monoisotopic (exact) mass is 421 g/mol. The van der Waals surface area contributed by atoms with Crippen LogP contribution in [0, 0.1) is 11.3 Å². The molecular formula is C21H22F3N3O3. The summed E-state index contributed by atoms with van der Waals surface area (Å²) in [6.45, 7) is 5.25. The molecule has 0 spiro atoms. The Labute approximate surface area is 171 Å². The molecule has 0 radical (unpaired) electrons. The number of rotatable bonds is 5. The van der Waals surface area contributed by atoms with Gasteiger partial charge in [-0.3, -0.25) is 9.59 Å². The van der Waals surface area contributed by atoms with E-state index in [0.29, 0.717) is 11.1 Å². The minimum Gasteiger partial charge on any atom is -0.406 e. The quantitative estimate of drug-likeness (QED) is 0.714. The molecule has 1 fully saturated rings. The zero-order valence-corrected chi connectivity index (χ0v) is 16.8. The maximum atomic E-state index is 12.4. The van der Waals surface area contributed by atoms with Gasteiger partial charge in [0.05, 0.1) is 0 Å². The van der Waals surface area contributed by atoms with E-state index >= 15 is 0 Å². The van der Waals surface area contributed by atoms with Gasteiger partial charge in [0.25, 0.3) is 0 Å². The molecule has 0 saturated heterocycles. The van der Waals surface area contributed by atoms with Crippen LogP contribution in [0.1, 0.15) is 33.6 Å². The Hall–Kier alpha value is -3.10. The molecule has 0 bridgehead atoms. The first-order chi connectivity index (χ1) is 13.9. The third kappa shape index (κ3) is 5.95. The van der Waals surface area contributed by atoms with Crippen LogP contribution in [0.4, 0.5) is 24.8 Å². The molecule has 1 saturated carbocycles. The van der Waals surface area contributed by atoms with Gasteiger partial charge in [-0.15, -0.1) is 13.2 Å².